The highest BCUT2D eigenvalue weighted by Crippen LogP contribution is 2.17. The van der Waals surface area contributed by atoms with E-state index < -0.39 is 23.2 Å². The molecule has 6 heteroatoms. The highest BCUT2D eigenvalue weighted by Gasteiger charge is 2.24. The normalized spacial score (nSPS) is 13.0. The van der Waals surface area contributed by atoms with E-state index in [1.807, 2.05) is 30.3 Å². The topological polar surface area (TPSA) is 73.9 Å². The van der Waals surface area contributed by atoms with Gasteiger partial charge in [0.1, 0.15) is 5.60 Å². The summed E-state index contributed by atoms with van der Waals surface area (Å²) < 4.78 is 15.8. The van der Waals surface area contributed by atoms with Crippen molar-refractivity contribution in [1.82, 2.24) is 5.32 Å². The number of amides is 1. The Balaban J connectivity index is 2.61. The van der Waals surface area contributed by atoms with Gasteiger partial charge in [-0.2, -0.15) is 0 Å². The highest BCUT2D eigenvalue weighted by molar-refractivity contribution is 5.75. The quantitative estimate of drug-likeness (QED) is 0.479. The van der Waals surface area contributed by atoms with Crippen LogP contribution in [0.2, 0.25) is 0 Å². The number of alkyl carbamates (subject to hydrolysis) is 1. The van der Waals surface area contributed by atoms with E-state index in [2.05, 4.69) is 5.32 Å². The van der Waals surface area contributed by atoms with Crippen LogP contribution in [0.1, 0.15) is 53.1 Å². The van der Waals surface area contributed by atoms with E-state index in [1.54, 1.807) is 41.5 Å². The number of hydrogen-bond donors (Lipinski definition) is 1. The van der Waals surface area contributed by atoms with E-state index in [0.29, 0.717) is 0 Å². The lowest BCUT2D eigenvalue weighted by molar-refractivity contribution is -0.166. The molecule has 1 aromatic rings. The summed E-state index contributed by atoms with van der Waals surface area (Å²) >= 11 is 0. The van der Waals surface area contributed by atoms with Crippen molar-refractivity contribution in [3.8, 4) is 0 Å². The van der Waals surface area contributed by atoms with E-state index in [4.69, 9.17) is 14.2 Å². The molecule has 0 aromatic heterocycles. The van der Waals surface area contributed by atoms with E-state index >= 15 is 0 Å². The number of hydrogen-bond acceptors (Lipinski definition) is 5. The van der Waals surface area contributed by atoms with E-state index in [1.165, 1.54) is 0 Å². The molecule has 1 atom stereocenters. The van der Waals surface area contributed by atoms with Crippen LogP contribution in [0.4, 0.5) is 4.79 Å². The fourth-order valence-electron chi connectivity index (χ4n) is 1.83. The fraction of sp³-hybridized carbons (Fsp3) is 0.579. The first-order valence-electron chi connectivity index (χ1n) is 8.28. The second-order valence-corrected chi connectivity index (χ2v) is 7.78. The smallest absolute Gasteiger partial charge is 0.408 e. The summed E-state index contributed by atoms with van der Waals surface area (Å²) in [6, 6.07) is 8.99. The van der Waals surface area contributed by atoms with Gasteiger partial charge in [-0.15, -0.1) is 0 Å². The molecule has 0 bridgehead atoms. The molecule has 140 valence electrons. The minimum atomic E-state index is -0.589. The van der Waals surface area contributed by atoms with Crippen molar-refractivity contribution in [3.63, 3.8) is 0 Å². The summed E-state index contributed by atoms with van der Waals surface area (Å²) in [5, 5.41) is 2.78. The monoisotopic (exact) mass is 351 g/mol. The van der Waals surface area contributed by atoms with Crippen molar-refractivity contribution < 1.29 is 23.8 Å². The molecule has 0 aliphatic heterocycles. The van der Waals surface area contributed by atoms with E-state index in [-0.39, 0.29) is 19.4 Å². The summed E-state index contributed by atoms with van der Waals surface area (Å²) in [7, 11) is 0. The van der Waals surface area contributed by atoms with Gasteiger partial charge in [0.25, 0.3) is 0 Å². The Morgan fingerprint density at radius 3 is 2.16 bits per heavy atom. The molecule has 0 aliphatic carbocycles. The highest BCUT2D eigenvalue weighted by atomic mass is 16.7. The van der Waals surface area contributed by atoms with Gasteiger partial charge in [0, 0.05) is 0 Å². The third-order valence-corrected chi connectivity index (χ3v) is 3.06. The Labute approximate surface area is 149 Å². The summed E-state index contributed by atoms with van der Waals surface area (Å²) in [4.78, 5) is 23.8. The van der Waals surface area contributed by atoms with Gasteiger partial charge in [-0.05, 0) is 47.1 Å². The average Bonchev–Trinajstić information content (AvgIpc) is 2.48. The maximum absolute atomic E-state index is 12.0. The van der Waals surface area contributed by atoms with Crippen LogP contribution in [0.5, 0.6) is 0 Å². The molecule has 0 aliphatic rings. The molecule has 0 fully saturated rings. The molecular formula is C19H29NO5. The first-order valence-corrected chi connectivity index (χ1v) is 8.28. The fourth-order valence-corrected chi connectivity index (χ4v) is 1.83. The molecule has 1 rings (SSSR count). The standard InChI is InChI=1S/C19H29NO5/c1-18(2,3)16(21)24-13-23-12-15(14-10-8-7-9-11-14)20-17(22)25-19(4,5)6/h7-11,15H,12-13H2,1-6H3,(H,20,22)/t15-/m1/s1. The summed E-state index contributed by atoms with van der Waals surface area (Å²) in [6.45, 7) is 10.7. The zero-order chi connectivity index (χ0) is 19.1. The Morgan fingerprint density at radius 1 is 1.04 bits per heavy atom. The van der Waals surface area contributed by atoms with Gasteiger partial charge >= 0.3 is 12.1 Å². The number of benzene rings is 1. The zero-order valence-corrected chi connectivity index (χ0v) is 15.9. The molecule has 0 spiro atoms. The lowest BCUT2D eigenvalue weighted by Gasteiger charge is -2.24. The van der Waals surface area contributed by atoms with Gasteiger partial charge in [0.05, 0.1) is 18.1 Å². The largest absolute Gasteiger partial charge is 0.444 e. The molecule has 0 saturated carbocycles. The number of carbonyl (C=O) groups excluding carboxylic acids is 2. The van der Waals surface area contributed by atoms with Crippen LogP contribution in [0, 0.1) is 5.41 Å². The van der Waals surface area contributed by atoms with Crippen molar-refractivity contribution in [2.24, 2.45) is 5.41 Å². The molecule has 6 nitrogen and oxygen atoms in total. The van der Waals surface area contributed by atoms with Crippen molar-refractivity contribution >= 4 is 12.1 Å². The van der Waals surface area contributed by atoms with Crippen LogP contribution in [0.25, 0.3) is 0 Å². The molecule has 25 heavy (non-hydrogen) atoms. The molecule has 1 aromatic carbocycles. The Bertz CT molecular complexity index is 557. The van der Waals surface area contributed by atoms with Crippen LogP contribution >= 0.6 is 0 Å². The van der Waals surface area contributed by atoms with Crippen LogP contribution in [0.3, 0.4) is 0 Å². The molecule has 0 unspecified atom stereocenters. The van der Waals surface area contributed by atoms with Gasteiger partial charge in [-0.25, -0.2) is 4.79 Å². The first kappa shape index (κ1) is 21.0. The predicted molar refractivity (Wildman–Crippen MR) is 94.9 cm³/mol. The predicted octanol–water partition coefficient (Wildman–Crippen LogP) is 3.82. The summed E-state index contributed by atoms with van der Waals surface area (Å²) in [5.74, 6) is -0.344. The van der Waals surface area contributed by atoms with Crippen LogP contribution in [-0.2, 0) is 19.0 Å². The molecule has 0 saturated heterocycles. The van der Waals surface area contributed by atoms with Crippen LogP contribution < -0.4 is 5.32 Å². The second kappa shape index (κ2) is 8.85. The molecular weight excluding hydrogens is 322 g/mol. The average molecular weight is 351 g/mol. The van der Waals surface area contributed by atoms with Gasteiger partial charge in [-0.3, -0.25) is 4.79 Å². The van der Waals surface area contributed by atoms with E-state index in [0.717, 1.165) is 5.56 Å². The lowest BCUT2D eigenvalue weighted by atomic mass is 9.98. The van der Waals surface area contributed by atoms with E-state index in [9.17, 15) is 9.59 Å². The van der Waals surface area contributed by atoms with Crippen molar-refractivity contribution in [2.45, 2.75) is 53.2 Å². The molecule has 1 N–H and O–H groups in total. The molecule has 0 heterocycles. The number of ether oxygens (including phenoxy) is 3. The minimum absolute atomic E-state index is 0.153. The number of nitrogens with one attached hydrogen (secondary N) is 1. The third-order valence-electron chi connectivity index (χ3n) is 3.06. The zero-order valence-electron chi connectivity index (χ0n) is 15.9. The Kier molecular flexibility index (Phi) is 7.42. The molecule has 1 amide bonds. The van der Waals surface area contributed by atoms with Crippen molar-refractivity contribution in [2.75, 3.05) is 13.4 Å². The number of rotatable bonds is 6. The number of esters is 1. The lowest BCUT2D eigenvalue weighted by Crippen LogP contribution is -2.37. The summed E-state index contributed by atoms with van der Waals surface area (Å²) in [5.41, 5.74) is -0.304. The Morgan fingerprint density at radius 2 is 1.64 bits per heavy atom. The Hall–Kier alpha value is -2.08. The summed E-state index contributed by atoms with van der Waals surface area (Å²) in [6.07, 6.45) is -0.531. The number of carbonyl (C=O) groups is 2. The molecule has 0 radical (unpaired) electrons. The minimum Gasteiger partial charge on any atom is -0.444 e. The van der Waals surface area contributed by atoms with Gasteiger partial charge < -0.3 is 19.5 Å². The van der Waals surface area contributed by atoms with Gasteiger partial charge in [0.15, 0.2) is 6.79 Å². The van der Waals surface area contributed by atoms with Crippen molar-refractivity contribution in [1.29, 1.82) is 0 Å². The third kappa shape index (κ3) is 8.54. The SMILES string of the molecule is CC(C)(C)OC(=O)N[C@H](COCOC(=O)C(C)(C)C)c1ccccc1. The van der Waals surface area contributed by atoms with Crippen LogP contribution in [-0.4, -0.2) is 31.1 Å². The maximum Gasteiger partial charge on any atom is 0.408 e. The first-order chi connectivity index (χ1) is 11.5. The van der Waals surface area contributed by atoms with Gasteiger partial charge in [0.2, 0.25) is 0 Å². The maximum atomic E-state index is 12.0. The van der Waals surface area contributed by atoms with Crippen LogP contribution in [0.15, 0.2) is 30.3 Å². The second-order valence-electron chi connectivity index (χ2n) is 7.78. The van der Waals surface area contributed by atoms with Gasteiger partial charge in [-0.1, -0.05) is 30.3 Å². The van der Waals surface area contributed by atoms with Crippen molar-refractivity contribution in [3.05, 3.63) is 35.9 Å².